The number of aromatic nitrogens is 2. The van der Waals surface area contributed by atoms with Crippen LogP contribution in [0.3, 0.4) is 0 Å². The number of hydrogen-bond acceptors (Lipinski definition) is 5. The molecule has 9 heteroatoms. The van der Waals surface area contributed by atoms with Crippen LogP contribution in [0.2, 0.25) is 5.02 Å². The molecule has 0 atom stereocenters. The summed E-state index contributed by atoms with van der Waals surface area (Å²) in [6, 6.07) is 9.58. The fourth-order valence-corrected chi connectivity index (χ4v) is 2.35. The van der Waals surface area contributed by atoms with Gasteiger partial charge < -0.3 is 15.8 Å². The Morgan fingerprint density at radius 2 is 1.78 bits per heavy atom. The van der Waals surface area contributed by atoms with Crippen LogP contribution in [0.5, 0.6) is 11.6 Å². The van der Waals surface area contributed by atoms with E-state index in [1.165, 1.54) is 18.5 Å². The molecule has 0 aliphatic carbocycles. The zero-order chi connectivity index (χ0) is 19.6. The van der Waals surface area contributed by atoms with Crippen LogP contribution in [0, 0.1) is 6.92 Å². The molecule has 0 spiro atoms. The summed E-state index contributed by atoms with van der Waals surface area (Å²) in [5.74, 6) is 0.814. The van der Waals surface area contributed by atoms with Gasteiger partial charge in [0.2, 0.25) is 5.88 Å². The van der Waals surface area contributed by atoms with E-state index >= 15 is 0 Å². The highest BCUT2D eigenvalue weighted by molar-refractivity contribution is 6.31. The number of rotatable bonds is 4. The Morgan fingerprint density at radius 1 is 1.07 bits per heavy atom. The molecule has 0 unspecified atom stereocenters. The summed E-state index contributed by atoms with van der Waals surface area (Å²) in [5.41, 5.74) is 6.61. The van der Waals surface area contributed by atoms with Crippen molar-refractivity contribution >= 4 is 28.8 Å². The molecular formula is C18H14ClF3N4O. The van der Waals surface area contributed by atoms with Gasteiger partial charge in [0.15, 0.2) is 5.82 Å². The predicted molar refractivity (Wildman–Crippen MR) is 97.4 cm³/mol. The van der Waals surface area contributed by atoms with Crippen molar-refractivity contribution in [3.8, 4) is 11.6 Å². The largest absolute Gasteiger partial charge is 0.437 e. The molecule has 0 aliphatic rings. The summed E-state index contributed by atoms with van der Waals surface area (Å²) >= 11 is 5.98. The lowest BCUT2D eigenvalue weighted by atomic mass is 10.2. The average molecular weight is 395 g/mol. The minimum absolute atomic E-state index is 0.112. The lowest BCUT2D eigenvalue weighted by molar-refractivity contribution is -0.137. The number of nitrogens with one attached hydrogen (secondary N) is 1. The Bertz CT molecular complexity index is 962. The normalized spacial score (nSPS) is 11.3. The molecule has 2 aromatic carbocycles. The van der Waals surface area contributed by atoms with E-state index in [-0.39, 0.29) is 17.4 Å². The van der Waals surface area contributed by atoms with Crippen LogP contribution < -0.4 is 15.8 Å². The SMILES string of the molecule is Cc1cc(Oc2ncnc(Nc3ccc(C(F)(F)F)cc3)c2N)ccc1Cl. The number of ether oxygens (including phenoxy) is 1. The van der Waals surface area contributed by atoms with Crippen LogP contribution >= 0.6 is 11.6 Å². The van der Waals surface area contributed by atoms with Crippen molar-refractivity contribution in [3.05, 3.63) is 64.9 Å². The van der Waals surface area contributed by atoms with Gasteiger partial charge in [-0.05, 0) is 55.0 Å². The third-order valence-electron chi connectivity index (χ3n) is 3.67. The molecule has 5 nitrogen and oxygen atoms in total. The van der Waals surface area contributed by atoms with Gasteiger partial charge in [0.05, 0.1) is 5.56 Å². The van der Waals surface area contributed by atoms with Gasteiger partial charge in [0.1, 0.15) is 17.8 Å². The molecule has 140 valence electrons. The number of hydrogen-bond donors (Lipinski definition) is 2. The number of alkyl halides is 3. The molecule has 0 fully saturated rings. The van der Waals surface area contributed by atoms with E-state index < -0.39 is 11.7 Å². The van der Waals surface area contributed by atoms with Crippen LogP contribution in [-0.2, 0) is 6.18 Å². The van der Waals surface area contributed by atoms with Crippen LogP contribution in [-0.4, -0.2) is 9.97 Å². The van der Waals surface area contributed by atoms with E-state index in [2.05, 4.69) is 15.3 Å². The van der Waals surface area contributed by atoms with Crippen LogP contribution in [0.25, 0.3) is 0 Å². The van der Waals surface area contributed by atoms with Gasteiger partial charge in [0.25, 0.3) is 0 Å². The Balaban J connectivity index is 1.81. The molecule has 0 radical (unpaired) electrons. The zero-order valence-corrected chi connectivity index (χ0v) is 14.8. The van der Waals surface area contributed by atoms with Gasteiger partial charge in [-0.2, -0.15) is 18.2 Å². The van der Waals surface area contributed by atoms with E-state index in [4.69, 9.17) is 22.1 Å². The van der Waals surface area contributed by atoms with Crippen molar-refractivity contribution in [1.29, 1.82) is 0 Å². The number of nitrogen functional groups attached to an aromatic ring is 1. The molecule has 27 heavy (non-hydrogen) atoms. The van der Waals surface area contributed by atoms with Crippen molar-refractivity contribution in [1.82, 2.24) is 9.97 Å². The van der Waals surface area contributed by atoms with Gasteiger partial charge in [-0.1, -0.05) is 11.6 Å². The molecule has 3 rings (SSSR count). The van der Waals surface area contributed by atoms with Gasteiger partial charge in [-0.3, -0.25) is 0 Å². The Kier molecular flexibility index (Phi) is 5.09. The first-order chi connectivity index (χ1) is 12.7. The maximum Gasteiger partial charge on any atom is 0.416 e. The Labute approximate surface area is 158 Å². The maximum atomic E-state index is 12.6. The third-order valence-corrected chi connectivity index (χ3v) is 4.09. The second kappa shape index (κ2) is 7.32. The Morgan fingerprint density at radius 3 is 2.41 bits per heavy atom. The third kappa shape index (κ3) is 4.40. The van der Waals surface area contributed by atoms with Gasteiger partial charge >= 0.3 is 6.18 Å². The second-order valence-electron chi connectivity index (χ2n) is 5.65. The molecule has 0 saturated carbocycles. The molecule has 0 saturated heterocycles. The van der Waals surface area contributed by atoms with Crippen molar-refractivity contribution in [3.63, 3.8) is 0 Å². The topological polar surface area (TPSA) is 73.1 Å². The molecule has 0 amide bonds. The van der Waals surface area contributed by atoms with Gasteiger partial charge in [0, 0.05) is 10.7 Å². The highest BCUT2D eigenvalue weighted by Gasteiger charge is 2.30. The van der Waals surface area contributed by atoms with Gasteiger partial charge in [-0.25, -0.2) is 4.98 Å². The summed E-state index contributed by atoms with van der Waals surface area (Å²) in [4.78, 5) is 8.00. The molecule has 1 aromatic heterocycles. The highest BCUT2D eigenvalue weighted by Crippen LogP contribution is 2.33. The Hall–Kier alpha value is -3.00. The van der Waals surface area contributed by atoms with Gasteiger partial charge in [-0.15, -0.1) is 0 Å². The average Bonchev–Trinajstić information content (AvgIpc) is 2.61. The van der Waals surface area contributed by atoms with Crippen molar-refractivity contribution in [2.75, 3.05) is 11.1 Å². The molecule has 1 heterocycles. The summed E-state index contributed by atoms with van der Waals surface area (Å²) in [6.45, 7) is 1.83. The number of anilines is 3. The summed E-state index contributed by atoms with van der Waals surface area (Å²) in [5, 5.41) is 3.45. The zero-order valence-electron chi connectivity index (χ0n) is 14.0. The number of nitrogens with two attached hydrogens (primary N) is 1. The standard InChI is InChI=1S/C18H14ClF3N4O/c1-10-8-13(6-7-14(10)19)27-17-15(23)16(24-9-25-17)26-12-4-2-11(3-5-12)18(20,21)22/h2-9H,23H2,1H3,(H,24,25,26). The highest BCUT2D eigenvalue weighted by atomic mass is 35.5. The number of nitrogens with zero attached hydrogens (tertiary/aromatic N) is 2. The fourth-order valence-electron chi connectivity index (χ4n) is 2.23. The molecular weight excluding hydrogens is 381 g/mol. The summed E-state index contributed by atoms with van der Waals surface area (Å²) in [6.07, 6.45) is -3.16. The first kappa shape index (κ1) is 18.8. The van der Waals surface area contributed by atoms with Crippen LogP contribution in [0.1, 0.15) is 11.1 Å². The molecule has 3 N–H and O–H groups in total. The fraction of sp³-hybridized carbons (Fsp3) is 0.111. The minimum atomic E-state index is -4.40. The lowest BCUT2D eigenvalue weighted by Crippen LogP contribution is -2.05. The molecule has 3 aromatic rings. The number of aryl methyl sites for hydroxylation is 1. The van der Waals surface area contributed by atoms with E-state index in [0.717, 1.165) is 17.7 Å². The lowest BCUT2D eigenvalue weighted by Gasteiger charge is -2.13. The maximum absolute atomic E-state index is 12.6. The van der Waals surface area contributed by atoms with E-state index in [1.54, 1.807) is 18.2 Å². The van der Waals surface area contributed by atoms with Crippen molar-refractivity contribution in [2.24, 2.45) is 0 Å². The predicted octanol–water partition coefficient (Wildman–Crippen LogP) is 5.58. The molecule has 0 aliphatic heterocycles. The van der Waals surface area contributed by atoms with Crippen molar-refractivity contribution < 1.29 is 17.9 Å². The first-order valence-electron chi connectivity index (χ1n) is 7.73. The van der Waals surface area contributed by atoms with E-state index in [9.17, 15) is 13.2 Å². The molecule has 0 bridgehead atoms. The first-order valence-corrected chi connectivity index (χ1v) is 8.10. The van der Waals surface area contributed by atoms with E-state index in [1.807, 2.05) is 6.92 Å². The van der Waals surface area contributed by atoms with E-state index in [0.29, 0.717) is 16.5 Å². The number of halogens is 4. The van der Waals surface area contributed by atoms with Crippen LogP contribution in [0.4, 0.5) is 30.4 Å². The smallest absolute Gasteiger partial charge is 0.416 e. The van der Waals surface area contributed by atoms with Crippen LogP contribution in [0.15, 0.2) is 48.8 Å². The van der Waals surface area contributed by atoms with Crippen molar-refractivity contribution in [2.45, 2.75) is 13.1 Å². The minimum Gasteiger partial charge on any atom is -0.437 e. The summed E-state index contributed by atoms with van der Waals surface area (Å²) in [7, 11) is 0. The number of benzene rings is 2. The second-order valence-corrected chi connectivity index (χ2v) is 6.06. The summed E-state index contributed by atoms with van der Waals surface area (Å²) < 4.78 is 43.6. The quantitative estimate of drug-likeness (QED) is 0.604. The monoisotopic (exact) mass is 394 g/mol.